The van der Waals surface area contributed by atoms with Gasteiger partial charge in [0, 0.05) is 24.5 Å². The topological polar surface area (TPSA) is 41.1 Å². The number of amides is 1. The first-order valence-electron chi connectivity index (χ1n) is 6.00. The number of carbonyl (C=O) groups is 1. The molecule has 0 saturated heterocycles. The molecule has 0 radical (unpaired) electrons. The lowest BCUT2D eigenvalue weighted by Gasteiger charge is -2.18. The van der Waals surface area contributed by atoms with Gasteiger partial charge in [-0.05, 0) is 19.8 Å². The molecule has 0 spiro atoms. The molecule has 3 heteroatoms. The Kier molecular flexibility index (Phi) is 7.06. The number of carbonyl (C=O) groups excluding carboxylic acids is 1. The van der Waals surface area contributed by atoms with Crippen LogP contribution in [-0.2, 0) is 4.79 Å². The Morgan fingerprint density at radius 1 is 1.38 bits per heavy atom. The van der Waals surface area contributed by atoms with Gasteiger partial charge in [-0.3, -0.25) is 4.79 Å². The minimum absolute atomic E-state index is 0.105. The van der Waals surface area contributed by atoms with Crippen LogP contribution in [0.3, 0.4) is 0 Å². The SMILES string of the molecule is C=CCCC(C)NCCNC(=O)C(C)(C)C. The predicted molar refractivity (Wildman–Crippen MR) is 69.4 cm³/mol. The maximum Gasteiger partial charge on any atom is 0.225 e. The average molecular weight is 226 g/mol. The van der Waals surface area contributed by atoms with Crippen LogP contribution in [0.5, 0.6) is 0 Å². The highest BCUT2D eigenvalue weighted by molar-refractivity contribution is 5.81. The third-order valence-electron chi connectivity index (χ3n) is 2.39. The van der Waals surface area contributed by atoms with Crippen LogP contribution in [-0.4, -0.2) is 25.0 Å². The van der Waals surface area contributed by atoms with E-state index in [2.05, 4.69) is 24.1 Å². The molecular weight excluding hydrogens is 200 g/mol. The predicted octanol–water partition coefficient (Wildman–Crippen LogP) is 2.09. The second-order valence-corrected chi connectivity index (χ2v) is 5.23. The third kappa shape index (κ3) is 7.46. The normalized spacial score (nSPS) is 13.2. The Morgan fingerprint density at radius 2 is 2.00 bits per heavy atom. The van der Waals surface area contributed by atoms with E-state index in [4.69, 9.17) is 0 Å². The van der Waals surface area contributed by atoms with Gasteiger partial charge >= 0.3 is 0 Å². The summed E-state index contributed by atoms with van der Waals surface area (Å²) in [6, 6.07) is 0.476. The van der Waals surface area contributed by atoms with Gasteiger partial charge < -0.3 is 10.6 Å². The molecule has 0 rings (SSSR count). The molecule has 0 aromatic heterocycles. The molecule has 94 valence electrons. The van der Waals surface area contributed by atoms with Crippen molar-refractivity contribution in [3.63, 3.8) is 0 Å². The zero-order chi connectivity index (χ0) is 12.6. The Labute approximate surface area is 99.7 Å². The van der Waals surface area contributed by atoms with Gasteiger partial charge in [0.15, 0.2) is 0 Å². The van der Waals surface area contributed by atoms with E-state index < -0.39 is 0 Å². The lowest BCUT2D eigenvalue weighted by molar-refractivity contribution is -0.128. The standard InChI is InChI=1S/C13H26N2O/c1-6-7-8-11(2)14-9-10-15-12(16)13(3,4)5/h6,11,14H,1,7-10H2,2-5H3,(H,15,16). The number of hydrogen-bond acceptors (Lipinski definition) is 2. The van der Waals surface area contributed by atoms with Crippen LogP contribution in [0, 0.1) is 5.41 Å². The zero-order valence-corrected chi connectivity index (χ0v) is 11.1. The summed E-state index contributed by atoms with van der Waals surface area (Å²) >= 11 is 0. The highest BCUT2D eigenvalue weighted by Crippen LogP contribution is 2.11. The molecule has 0 heterocycles. The monoisotopic (exact) mass is 226 g/mol. The van der Waals surface area contributed by atoms with E-state index in [0.29, 0.717) is 12.6 Å². The van der Waals surface area contributed by atoms with Crippen LogP contribution in [0.2, 0.25) is 0 Å². The minimum atomic E-state index is -0.297. The lowest BCUT2D eigenvalue weighted by Crippen LogP contribution is -2.40. The molecule has 1 amide bonds. The van der Waals surface area contributed by atoms with Crippen LogP contribution < -0.4 is 10.6 Å². The molecule has 1 atom stereocenters. The van der Waals surface area contributed by atoms with E-state index in [-0.39, 0.29) is 11.3 Å². The maximum atomic E-state index is 11.5. The Hall–Kier alpha value is -0.830. The smallest absolute Gasteiger partial charge is 0.225 e. The van der Waals surface area contributed by atoms with Crippen molar-refractivity contribution in [3.05, 3.63) is 12.7 Å². The first kappa shape index (κ1) is 15.2. The van der Waals surface area contributed by atoms with Gasteiger partial charge in [0.25, 0.3) is 0 Å². The summed E-state index contributed by atoms with van der Waals surface area (Å²) in [6.07, 6.45) is 4.05. The molecule has 3 nitrogen and oxygen atoms in total. The van der Waals surface area contributed by atoms with Gasteiger partial charge in [0.2, 0.25) is 5.91 Å². The molecular formula is C13H26N2O. The molecule has 0 aliphatic heterocycles. The van der Waals surface area contributed by atoms with Crippen LogP contribution in [0.4, 0.5) is 0 Å². The highest BCUT2D eigenvalue weighted by Gasteiger charge is 2.20. The van der Waals surface area contributed by atoms with Gasteiger partial charge in [-0.25, -0.2) is 0 Å². The first-order valence-corrected chi connectivity index (χ1v) is 6.00. The Morgan fingerprint density at radius 3 is 2.50 bits per heavy atom. The van der Waals surface area contributed by atoms with Crippen molar-refractivity contribution in [2.24, 2.45) is 5.41 Å². The molecule has 0 bridgehead atoms. The number of nitrogens with one attached hydrogen (secondary N) is 2. The number of hydrogen-bond donors (Lipinski definition) is 2. The second-order valence-electron chi connectivity index (χ2n) is 5.23. The maximum absolute atomic E-state index is 11.5. The highest BCUT2D eigenvalue weighted by atomic mass is 16.2. The van der Waals surface area contributed by atoms with Gasteiger partial charge in [-0.15, -0.1) is 6.58 Å². The van der Waals surface area contributed by atoms with Crippen LogP contribution in [0.1, 0.15) is 40.5 Å². The number of allylic oxidation sites excluding steroid dienone is 1. The summed E-state index contributed by atoms with van der Waals surface area (Å²) in [4.78, 5) is 11.5. The first-order chi connectivity index (χ1) is 7.38. The van der Waals surface area contributed by atoms with Gasteiger partial charge in [-0.2, -0.15) is 0 Å². The summed E-state index contributed by atoms with van der Waals surface area (Å²) in [5.74, 6) is 0.105. The van der Waals surface area contributed by atoms with E-state index in [1.54, 1.807) is 0 Å². The fourth-order valence-corrected chi connectivity index (χ4v) is 1.23. The van der Waals surface area contributed by atoms with Crippen LogP contribution >= 0.6 is 0 Å². The summed E-state index contributed by atoms with van der Waals surface area (Å²) in [6.45, 7) is 13.1. The Balaban J connectivity index is 3.53. The molecule has 16 heavy (non-hydrogen) atoms. The van der Waals surface area contributed by atoms with Gasteiger partial charge in [0.1, 0.15) is 0 Å². The van der Waals surface area contributed by atoms with E-state index in [9.17, 15) is 4.79 Å². The molecule has 2 N–H and O–H groups in total. The fourth-order valence-electron chi connectivity index (χ4n) is 1.23. The van der Waals surface area contributed by atoms with Crippen molar-refractivity contribution < 1.29 is 4.79 Å². The van der Waals surface area contributed by atoms with Crippen molar-refractivity contribution in [2.75, 3.05) is 13.1 Å². The minimum Gasteiger partial charge on any atom is -0.354 e. The summed E-state index contributed by atoms with van der Waals surface area (Å²) in [5, 5.41) is 6.27. The molecule has 0 aromatic carbocycles. The molecule has 0 aromatic rings. The molecule has 1 unspecified atom stereocenters. The van der Waals surface area contributed by atoms with Crippen molar-refractivity contribution in [1.82, 2.24) is 10.6 Å². The largest absolute Gasteiger partial charge is 0.354 e. The third-order valence-corrected chi connectivity index (χ3v) is 2.39. The second kappa shape index (κ2) is 7.44. The van der Waals surface area contributed by atoms with E-state index in [0.717, 1.165) is 19.4 Å². The van der Waals surface area contributed by atoms with E-state index in [1.165, 1.54) is 0 Å². The summed E-state index contributed by atoms with van der Waals surface area (Å²) in [5.41, 5.74) is -0.297. The van der Waals surface area contributed by atoms with Crippen LogP contribution in [0.15, 0.2) is 12.7 Å². The van der Waals surface area contributed by atoms with E-state index >= 15 is 0 Å². The average Bonchev–Trinajstić information content (AvgIpc) is 2.19. The quantitative estimate of drug-likeness (QED) is 0.515. The van der Waals surface area contributed by atoms with Crippen molar-refractivity contribution >= 4 is 5.91 Å². The number of rotatable bonds is 7. The van der Waals surface area contributed by atoms with Crippen LogP contribution in [0.25, 0.3) is 0 Å². The fraction of sp³-hybridized carbons (Fsp3) is 0.769. The molecule has 0 aliphatic rings. The van der Waals surface area contributed by atoms with Crippen molar-refractivity contribution in [1.29, 1.82) is 0 Å². The molecule has 0 saturated carbocycles. The lowest BCUT2D eigenvalue weighted by atomic mass is 9.96. The molecule has 0 fully saturated rings. The zero-order valence-electron chi connectivity index (χ0n) is 11.1. The summed E-state index contributed by atoms with van der Waals surface area (Å²) in [7, 11) is 0. The van der Waals surface area contributed by atoms with Crippen molar-refractivity contribution in [2.45, 2.75) is 46.6 Å². The summed E-state index contributed by atoms with van der Waals surface area (Å²) < 4.78 is 0. The van der Waals surface area contributed by atoms with Gasteiger partial charge in [0.05, 0.1) is 0 Å². The van der Waals surface area contributed by atoms with E-state index in [1.807, 2.05) is 26.8 Å². The van der Waals surface area contributed by atoms with Gasteiger partial charge in [-0.1, -0.05) is 26.8 Å². The van der Waals surface area contributed by atoms with Crippen molar-refractivity contribution in [3.8, 4) is 0 Å². The Bertz CT molecular complexity index is 218. The molecule has 0 aliphatic carbocycles.